The Kier molecular flexibility index (Phi) is 5.47. The van der Waals surface area contributed by atoms with Crippen molar-refractivity contribution < 1.29 is 18.3 Å². The van der Waals surface area contributed by atoms with Gasteiger partial charge in [-0.2, -0.15) is 0 Å². The van der Waals surface area contributed by atoms with Gasteiger partial charge in [0.05, 0.1) is 25.5 Å². The van der Waals surface area contributed by atoms with Crippen LogP contribution in [0.15, 0.2) is 48.9 Å². The molecule has 0 unspecified atom stereocenters. The lowest BCUT2D eigenvalue weighted by molar-refractivity contribution is 0.0942. The Balaban J connectivity index is 1.51. The SMILES string of the molecule is O=C(NCCOc1cccnc1)c1cn(Cc2c(F)cccc2F)nn1. The summed E-state index contributed by atoms with van der Waals surface area (Å²) >= 11 is 0. The molecular weight excluding hydrogens is 344 g/mol. The Morgan fingerprint density at radius 2 is 2.00 bits per heavy atom. The van der Waals surface area contributed by atoms with Crippen molar-refractivity contribution in [3.8, 4) is 5.75 Å². The lowest BCUT2D eigenvalue weighted by Crippen LogP contribution is -2.28. The minimum Gasteiger partial charge on any atom is -0.490 e. The van der Waals surface area contributed by atoms with E-state index in [0.29, 0.717) is 5.75 Å². The second-order valence-electron chi connectivity index (χ2n) is 5.29. The summed E-state index contributed by atoms with van der Waals surface area (Å²) in [6.07, 6.45) is 4.52. The molecule has 1 aromatic carbocycles. The van der Waals surface area contributed by atoms with Gasteiger partial charge >= 0.3 is 0 Å². The van der Waals surface area contributed by atoms with Crippen LogP contribution in [0.2, 0.25) is 0 Å². The molecule has 0 bridgehead atoms. The highest BCUT2D eigenvalue weighted by molar-refractivity contribution is 5.91. The van der Waals surface area contributed by atoms with E-state index >= 15 is 0 Å². The number of benzene rings is 1. The Morgan fingerprint density at radius 3 is 2.73 bits per heavy atom. The number of ether oxygens (including phenoxy) is 1. The Hall–Kier alpha value is -3.36. The summed E-state index contributed by atoms with van der Waals surface area (Å²) in [5, 5.41) is 10.1. The van der Waals surface area contributed by atoms with E-state index in [9.17, 15) is 13.6 Å². The second kappa shape index (κ2) is 8.15. The normalized spacial score (nSPS) is 10.5. The first-order chi connectivity index (χ1) is 12.6. The number of carbonyl (C=O) groups is 1. The van der Waals surface area contributed by atoms with Crippen LogP contribution in [0.25, 0.3) is 0 Å². The molecule has 9 heteroatoms. The van der Waals surface area contributed by atoms with Crippen molar-refractivity contribution >= 4 is 5.91 Å². The average molecular weight is 359 g/mol. The maximum atomic E-state index is 13.6. The van der Waals surface area contributed by atoms with E-state index in [0.717, 1.165) is 12.1 Å². The van der Waals surface area contributed by atoms with Crippen molar-refractivity contribution in [1.82, 2.24) is 25.3 Å². The molecule has 26 heavy (non-hydrogen) atoms. The number of carbonyl (C=O) groups excluding carboxylic acids is 1. The van der Waals surface area contributed by atoms with Gasteiger partial charge in [-0.25, -0.2) is 13.5 Å². The Bertz CT molecular complexity index is 866. The zero-order chi connectivity index (χ0) is 18.4. The first-order valence-corrected chi connectivity index (χ1v) is 7.77. The predicted octanol–water partition coefficient (Wildman–Crippen LogP) is 1.81. The molecule has 0 aliphatic carbocycles. The molecule has 0 fully saturated rings. The van der Waals surface area contributed by atoms with Crippen LogP contribution in [0.1, 0.15) is 16.1 Å². The molecule has 0 atom stereocenters. The molecule has 0 radical (unpaired) electrons. The van der Waals surface area contributed by atoms with Crippen LogP contribution in [0, 0.1) is 11.6 Å². The molecular formula is C17H15F2N5O2. The lowest BCUT2D eigenvalue weighted by atomic mass is 10.2. The summed E-state index contributed by atoms with van der Waals surface area (Å²) < 4.78 is 33.9. The van der Waals surface area contributed by atoms with Crippen molar-refractivity contribution in [2.75, 3.05) is 13.2 Å². The van der Waals surface area contributed by atoms with Gasteiger partial charge < -0.3 is 10.1 Å². The van der Waals surface area contributed by atoms with Crippen molar-refractivity contribution in [3.63, 3.8) is 0 Å². The predicted molar refractivity (Wildman–Crippen MR) is 87.5 cm³/mol. The van der Waals surface area contributed by atoms with Gasteiger partial charge in [-0.3, -0.25) is 9.78 Å². The topological polar surface area (TPSA) is 81.9 Å². The standard InChI is InChI=1S/C17H15F2N5O2/c18-14-4-1-5-15(19)13(14)10-24-11-16(22-23-24)17(25)21-7-8-26-12-3-2-6-20-9-12/h1-6,9,11H,7-8,10H2,(H,21,25). The van der Waals surface area contributed by atoms with Crippen molar-refractivity contribution in [1.29, 1.82) is 0 Å². The molecule has 3 aromatic rings. The maximum Gasteiger partial charge on any atom is 0.273 e. The van der Waals surface area contributed by atoms with Gasteiger partial charge in [0.1, 0.15) is 24.0 Å². The van der Waals surface area contributed by atoms with Crippen LogP contribution in [0.3, 0.4) is 0 Å². The van der Waals surface area contributed by atoms with Crippen LogP contribution in [0.4, 0.5) is 8.78 Å². The van der Waals surface area contributed by atoms with Gasteiger partial charge in [-0.1, -0.05) is 11.3 Å². The molecule has 0 saturated carbocycles. The highest BCUT2D eigenvalue weighted by Crippen LogP contribution is 2.13. The second-order valence-corrected chi connectivity index (χ2v) is 5.29. The molecule has 0 aliphatic rings. The van der Waals surface area contributed by atoms with E-state index in [2.05, 4.69) is 20.6 Å². The van der Waals surface area contributed by atoms with Crippen molar-refractivity contribution in [3.05, 3.63) is 71.8 Å². The minimum atomic E-state index is -0.681. The smallest absolute Gasteiger partial charge is 0.273 e. The van der Waals surface area contributed by atoms with Gasteiger partial charge in [0.15, 0.2) is 5.69 Å². The quantitative estimate of drug-likeness (QED) is 0.651. The zero-order valence-electron chi connectivity index (χ0n) is 13.6. The fourth-order valence-electron chi connectivity index (χ4n) is 2.18. The zero-order valence-corrected chi connectivity index (χ0v) is 13.6. The molecule has 1 N–H and O–H groups in total. The van der Waals surface area contributed by atoms with Gasteiger partial charge in [0.25, 0.3) is 5.91 Å². The molecule has 2 heterocycles. The van der Waals surface area contributed by atoms with Crippen molar-refractivity contribution in [2.45, 2.75) is 6.54 Å². The number of pyridine rings is 1. The largest absolute Gasteiger partial charge is 0.490 e. The molecule has 2 aromatic heterocycles. The number of amides is 1. The maximum absolute atomic E-state index is 13.6. The first-order valence-electron chi connectivity index (χ1n) is 7.77. The molecule has 0 spiro atoms. The summed E-state index contributed by atoms with van der Waals surface area (Å²) in [5.74, 6) is -1.22. The highest BCUT2D eigenvalue weighted by atomic mass is 19.1. The van der Waals surface area contributed by atoms with Gasteiger partial charge in [0.2, 0.25) is 0 Å². The van der Waals surface area contributed by atoms with Crippen molar-refractivity contribution in [2.24, 2.45) is 0 Å². The molecule has 134 valence electrons. The van der Waals surface area contributed by atoms with Crippen LogP contribution in [0.5, 0.6) is 5.75 Å². The first kappa shape index (κ1) is 17.5. The third-order valence-corrected chi connectivity index (χ3v) is 3.44. The van der Waals surface area contributed by atoms with E-state index in [1.807, 2.05) is 0 Å². The fraction of sp³-hybridized carbons (Fsp3) is 0.176. The van der Waals surface area contributed by atoms with E-state index < -0.39 is 17.5 Å². The molecule has 0 aliphatic heterocycles. The minimum absolute atomic E-state index is 0.0446. The number of hydrogen-bond acceptors (Lipinski definition) is 5. The number of rotatable bonds is 7. The van der Waals surface area contributed by atoms with Crippen LogP contribution < -0.4 is 10.1 Å². The number of nitrogens with one attached hydrogen (secondary N) is 1. The number of aromatic nitrogens is 4. The molecule has 3 rings (SSSR count). The summed E-state index contributed by atoms with van der Waals surface area (Å²) in [6.45, 7) is 0.345. The van der Waals surface area contributed by atoms with Gasteiger partial charge in [-0.05, 0) is 24.3 Å². The van der Waals surface area contributed by atoms with Crippen LogP contribution in [-0.2, 0) is 6.54 Å². The molecule has 7 nitrogen and oxygen atoms in total. The number of hydrogen-bond donors (Lipinski definition) is 1. The molecule has 1 amide bonds. The Labute approximate surface area is 147 Å². The monoisotopic (exact) mass is 359 g/mol. The van der Waals surface area contributed by atoms with E-state index in [1.165, 1.54) is 16.9 Å². The average Bonchev–Trinajstić information content (AvgIpc) is 3.11. The van der Waals surface area contributed by atoms with Crippen LogP contribution in [-0.4, -0.2) is 39.0 Å². The number of halogens is 2. The summed E-state index contributed by atoms with van der Waals surface area (Å²) in [7, 11) is 0. The van der Waals surface area contributed by atoms with E-state index in [1.54, 1.807) is 24.5 Å². The highest BCUT2D eigenvalue weighted by Gasteiger charge is 2.13. The van der Waals surface area contributed by atoms with Gasteiger partial charge in [-0.15, -0.1) is 5.10 Å². The van der Waals surface area contributed by atoms with Gasteiger partial charge in [0, 0.05) is 11.8 Å². The van der Waals surface area contributed by atoms with E-state index in [-0.39, 0.29) is 31.0 Å². The number of nitrogens with zero attached hydrogens (tertiary/aromatic N) is 4. The summed E-state index contributed by atoms with van der Waals surface area (Å²) in [4.78, 5) is 15.9. The van der Waals surface area contributed by atoms with Crippen LogP contribution >= 0.6 is 0 Å². The third-order valence-electron chi connectivity index (χ3n) is 3.44. The summed E-state index contributed by atoms with van der Waals surface area (Å²) in [5.41, 5.74) is -0.0997. The lowest BCUT2D eigenvalue weighted by Gasteiger charge is -2.06. The van der Waals surface area contributed by atoms with E-state index in [4.69, 9.17) is 4.74 Å². The fourth-order valence-corrected chi connectivity index (χ4v) is 2.18. The summed E-state index contributed by atoms with van der Waals surface area (Å²) in [6, 6.07) is 7.09. The third kappa shape index (κ3) is 4.38. The Morgan fingerprint density at radius 1 is 1.19 bits per heavy atom. The molecule has 0 saturated heterocycles.